The average molecular weight is 238 g/mol. The third kappa shape index (κ3) is 3.22. The van der Waals surface area contributed by atoms with E-state index in [1.54, 1.807) is 6.20 Å². The monoisotopic (exact) mass is 238 g/mol. The number of hydrogen-bond donors (Lipinski definition) is 0. The molecule has 4 heteroatoms. The molecule has 0 bridgehead atoms. The van der Waals surface area contributed by atoms with E-state index in [0.717, 1.165) is 18.6 Å². The van der Waals surface area contributed by atoms with E-state index in [1.165, 1.54) is 0 Å². The second-order valence-corrected chi connectivity index (χ2v) is 5.60. The fourth-order valence-corrected chi connectivity index (χ4v) is 2.06. The van der Waals surface area contributed by atoms with Crippen molar-refractivity contribution in [3.8, 4) is 5.75 Å². The van der Waals surface area contributed by atoms with Gasteiger partial charge in [0.2, 0.25) is 0 Å². The predicted octanol–water partition coefficient (Wildman–Crippen LogP) is 2.80. The van der Waals surface area contributed by atoms with E-state index in [1.807, 2.05) is 10.9 Å². The van der Waals surface area contributed by atoms with Crippen LogP contribution < -0.4 is 4.74 Å². The summed E-state index contributed by atoms with van der Waals surface area (Å²) >= 11 is 0. The molecule has 1 atom stereocenters. The third-order valence-corrected chi connectivity index (χ3v) is 3.10. The van der Waals surface area contributed by atoms with E-state index >= 15 is 0 Å². The molecule has 0 aliphatic carbocycles. The van der Waals surface area contributed by atoms with Crippen LogP contribution in [0.4, 0.5) is 0 Å². The highest BCUT2D eigenvalue weighted by atomic mass is 16.6. The summed E-state index contributed by atoms with van der Waals surface area (Å²) in [5.74, 6) is 0.826. The lowest BCUT2D eigenvalue weighted by Gasteiger charge is -2.19. The Morgan fingerprint density at radius 2 is 2.35 bits per heavy atom. The molecule has 1 fully saturated rings. The number of nitrogens with zero attached hydrogens (tertiary/aromatic N) is 2. The first kappa shape index (κ1) is 12.4. The zero-order valence-corrected chi connectivity index (χ0v) is 11.1. The predicted molar refractivity (Wildman–Crippen MR) is 66.3 cm³/mol. The molecule has 0 aromatic carbocycles. The van der Waals surface area contributed by atoms with Crippen LogP contribution in [0, 0.1) is 0 Å². The van der Waals surface area contributed by atoms with E-state index < -0.39 is 0 Å². The maximum absolute atomic E-state index is 5.87. The molecule has 1 aromatic rings. The molecule has 1 aliphatic rings. The summed E-state index contributed by atoms with van der Waals surface area (Å²) in [4.78, 5) is 0. The number of aromatic nitrogens is 2. The van der Waals surface area contributed by atoms with Gasteiger partial charge in [-0.05, 0) is 40.5 Å². The molecule has 0 N–H and O–H groups in total. The summed E-state index contributed by atoms with van der Waals surface area (Å²) in [7, 11) is 0. The van der Waals surface area contributed by atoms with Crippen molar-refractivity contribution in [2.45, 2.75) is 58.3 Å². The molecule has 0 saturated carbocycles. The number of ether oxygens (including phenoxy) is 2. The Labute approximate surface area is 103 Å². The van der Waals surface area contributed by atoms with Crippen molar-refractivity contribution in [1.82, 2.24) is 9.78 Å². The first-order valence-corrected chi connectivity index (χ1v) is 6.31. The highest BCUT2D eigenvalue weighted by molar-refractivity contribution is 5.12. The summed E-state index contributed by atoms with van der Waals surface area (Å²) in [6.45, 7) is 9.07. The van der Waals surface area contributed by atoms with E-state index in [0.29, 0.717) is 12.6 Å². The van der Waals surface area contributed by atoms with Crippen LogP contribution in [0.25, 0.3) is 0 Å². The molecule has 1 aliphatic heterocycles. The summed E-state index contributed by atoms with van der Waals surface area (Å²) in [6, 6.07) is 0.369. The van der Waals surface area contributed by atoms with Gasteiger partial charge in [0.1, 0.15) is 6.61 Å². The Balaban J connectivity index is 1.82. The Hall–Kier alpha value is -1.03. The van der Waals surface area contributed by atoms with Crippen molar-refractivity contribution < 1.29 is 9.47 Å². The van der Waals surface area contributed by atoms with E-state index in [2.05, 4.69) is 32.8 Å². The minimum Gasteiger partial charge on any atom is -0.488 e. The molecule has 1 aromatic heterocycles. The van der Waals surface area contributed by atoms with Crippen molar-refractivity contribution in [2.75, 3.05) is 6.61 Å². The fourth-order valence-electron chi connectivity index (χ4n) is 2.06. The van der Waals surface area contributed by atoms with Crippen LogP contribution in [0.15, 0.2) is 12.4 Å². The summed E-state index contributed by atoms with van der Waals surface area (Å²) in [5, 5.41) is 4.24. The van der Waals surface area contributed by atoms with Gasteiger partial charge in [-0.15, -0.1) is 0 Å². The first-order valence-electron chi connectivity index (χ1n) is 6.31. The van der Waals surface area contributed by atoms with Gasteiger partial charge in [-0.1, -0.05) is 0 Å². The fraction of sp³-hybridized carbons (Fsp3) is 0.769. The maximum atomic E-state index is 5.87. The van der Waals surface area contributed by atoms with E-state index in [-0.39, 0.29) is 11.7 Å². The zero-order chi connectivity index (χ0) is 12.5. The van der Waals surface area contributed by atoms with Gasteiger partial charge in [-0.2, -0.15) is 5.10 Å². The van der Waals surface area contributed by atoms with Crippen LogP contribution in [-0.2, 0) is 4.74 Å². The molecule has 0 amide bonds. The summed E-state index contributed by atoms with van der Waals surface area (Å²) in [6.07, 6.45) is 6.09. The van der Waals surface area contributed by atoms with E-state index in [4.69, 9.17) is 9.47 Å². The Bertz CT molecular complexity index is 371. The lowest BCUT2D eigenvalue weighted by atomic mass is 10.1. The van der Waals surface area contributed by atoms with Crippen molar-refractivity contribution in [1.29, 1.82) is 0 Å². The van der Waals surface area contributed by atoms with Gasteiger partial charge in [0.15, 0.2) is 5.75 Å². The van der Waals surface area contributed by atoms with Crippen LogP contribution in [0.5, 0.6) is 5.75 Å². The molecule has 0 spiro atoms. The quantitative estimate of drug-likeness (QED) is 0.809. The number of rotatable bonds is 4. The van der Waals surface area contributed by atoms with Gasteiger partial charge >= 0.3 is 0 Å². The lowest BCUT2D eigenvalue weighted by Crippen LogP contribution is -2.23. The minimum atomic E-state index is 0.0101. The highest BCUT2D eigenvalue weighted by Crippen LogP contribution is 2.29. The summed E-state index contributed by atoms with van der Waals surface area (Å²) < 4.78 is 13.5. The lowest BCUT2D eigenvalue weighted by molar-refractivity contribution is -0.0326. The molecule has 17 heavy (non-hydrogen) atoms. The second kappa shape index (κ2) is 4.69. The van der Waals surface area contributed by atoms with Crippen molar-refractivity contribution in [3.63, 3.8) is 0 Å². The molecule has 2 heterocycles. The third-order valence-electron chi connectivity index (χ3n) is 3.10. The Morgan fingerprint density at radius 1 is 1.59 bits per heavy atom. The maximum Gasteiger partial charge on any atom is 0.157 e. The standard InChI is InChI=1S/C13H22N2O2/c1-10(2)15-8-12(7-14-15)16-9-11-5-6-13(3,4)17-11/h7-8,10-11H,5-6,9H2,1-4H3. The van der Waals surface area contributed by atoms with Crippen LogP contribution in [0.3, 0.4) is 0 Å². The second-order valence-electron chi connectivity index (χ2n) is 5.60. The largest absolute Gasteiger partial charge is 0.488 e. The average Bonchev–Trinajstić information content (AvgIpc) is 2.81. The van der Waals surface area contributed by atoms with Gasteiger partial charge < -0.3 is 9.47 Å². The molecule has 1 unspecified atom stereocenters. The van der Waals surface area contributed by atoms with Crippen LogP contribution in [0.1, 0.15) is 46.6 Å². The smallest absolute Gasteiger partial charge is 0.157 e. The summed E-state index contributed by atoms with van der Waals surface area (Å²) in [5.41, 5.74) is 0.0101. The highest BCUT2D eigenvalue weighted by Gasteiger charge is 2.31. The minimum absolute atomic E-state index is 0.0101. The van der Waals surface area contributed by atoms with Gasteiger partial charge in [0.25, 0.3) is 0 Å². The topological polar surface area (TPSA) is 36.3 Å². The van der Waals surface area contributed by atoms with Crippen LogP contribution in [-0.4, -0.2) is 28.1 Å². The van der Waals surface area contributed by atoms with Gasteiger partial charge in [0.05, 0.1) is 24.1 Å². The molecule has 4 nitrogen and oxygen atoms in total. The Kier molecular flexibility index (Phi) is 3.43. The molecule has 2 rings (SSSR count). The molecule has 1 saturated heterocycles. The Morgan fingerprint density at radius 3 is 2.88 bits per heavy atom. The van der Waals surface area contributed by atoms with Gasteiger partial charge in [-0.25, -0.2) is 0 Å². The SMILES string of the molecule is CC(C)n1cc(OCC2CCC(C)(C)O2)cn1. The van der Waals surface area contributed by atoms with Crippen molar-refractivity contribution in [3.05, 3.63) is 12.4 Å². The number of hydrogen-bond acceptors (Lipinski definition) is 3. The normalized spacial score (nSPS) is 23.2. The van der Waals surface area contributed by atoms with Crippen LogP contribution >= 0.6 is 0 Å². The zero-order valence-electron chi connectivity index (χ0n) is 11.1. The van der Waals surface area contributed by atoms with Gasteiger partial charge in [0, 0.05) is 6.04 Å². The first-order chi connectivity index (χ1) is 7.96. The molecular weight excluding hydrogens is 216 g/mol. The van der Waals surface area contributed by atoms with Gasteiger partial charge in [-0.3, -0.25) is 4.68 Å². The van der Waals surface area contributed by atoms with Crippen molar-refractivity contribution in [2.24, 2.45) is 0 Å². The van der Waals surface area contributed by atoms with Crippen LogP contribution in [0.2, 0.25) is 0 Å². The molecule has 0 radical (unpaired) electrons. The molecular formula is C13H22N2O2. The van der Waals surface area contributed by atoms with Crippen molar-refractivity contribution >= 4 is 0 Å². The van der Waals surface area contributed by atoms with E-state index in [9.17, 15) is 0 Å². The molecule has 96 valence electrons.